The smallest absolute Gasteiger partial charge is 0.261 e. The van der Waals surface area contributed by atoms with Gasteiger partial charge in [0.25, 0.3) is 5.91 Å². The maximum atomic E-state index is 13.1. The predicted molar refractivity (Wildman–Crippen MR) is 123 cm³/mol. The molecule has 4 aromatic rings. The van der Waals surface area contributed by atoms with Crippen LogP contribution in [0.4, 0.5) is 11.5 Å². The van der Waals surface area contributed by atoms with Gasteiger partial charge in [0.2, 0.25) is 0 Å². The zero-order chi connectivity index (χ0) is 21.2. The molecule has 0 aliphatic carbocycles. The summed E-state index contributed by atoms with van der Waals surface area (Å²) in [5, 5.41) is 7.54. The van der Waals surface area contributed by atoms with Crippen molar-refractivity contribution >= 4 is 23.1 Å². The minimum absolute atomic E-state index is 0.0233. The van der Waals surface area contributed by atoms with Crippen molar-refractivity contribution < 1.29 is 4.79 Å². The molecule has 5 rings (SSSR count). The Morgan fingerprint density at radius 2 is 1.61 bits per heavy atom. The number of amides is 1. The lowest BCUT2D eigenvalue weighted by Gasteiger charge is -2.25. The van der Waals surface area contributed by atoms with E-state index < -0.39 is 0 Å². The molecule has 1 atom stereocenters. The third-order valence-corrected chi connectivity index (χ3v) is 5.54. The molecule has 1 amide bonds. The lowest BCUT2D eigenvalue weighted by molar-refractivity contribution is 0.102. The first kappa shape index (κ1) is 19.0. The average molecular weight is 406 g/mol. The minimum Gasteiger partial charge on any atom is -0.322 e. The Bertz CT molecular complexity index is 1240. The second-order valence-electron chi connectivity index (χ2n) is 7.70. The minimum atomic E-state index is -0.213. The van der Waals surface area contributed by atoms with Crippen LogP contribution < -0.4 is 5.32 Å². The molecular formula is C26H22N4O. The van der Waals surface area contributed by atoms with Gasteiger partial charge in [-0.3, -0.25) is 4.79 Å². The largest absolute Gasteiger partial charge is 0.322 e. The van der Waals surface area contributed by atoms with Crippen molar-refractivity contribution in [3.8, 4) is 0 Å². The zero-order valence-electron chi connectivity index (χ0n) is 17.2. The normalized spacial score (nSPS) is 15.1. The lowest BCUT2D eigenvalue weighted by Crippen LogP contribution is -2.22. The molecule has 0 fully saturated rings. The van der Waals surface area contributed by atoms with Crippen LogP contribution in [0.2, 0.25) is 0 Å². The van der Waals surface area contributed by atoms with Gasteiger partial charge in [0.05, 0.1) is 18.0 Å². The Labute approximate surface area is 181 Å². The quantitative estimate of drug-likeness (QED) is 0.482. The maximum Gasteiger partial charge on any atom is 0.261 e. The number of benzene rings is 3. The summed E-state index contributed by atoms with van der Waals surface area (Å²) >= 11 is 0. The van der Waals surface area contributed by atoms with Gasteiger partial charge in [-0.15, -0.1) is 0 Å². The van der Waals surface area contributed by atoms with Gasteiger partial charge in [-0.05, 0) is 30.2 Å². The molecule has 0 saturated heterocycles. The molecule has 1 aliphatic heterocycles. The van der Waals surface area contributed by atoms with Gasteiger partial charge in [0, 0.05) is 12.1 Å². The Balaban J connectivity index is 1.56. The molecule has 3 aromatic carbocycles. The summed E-state index contributed by atoms with van der Waals surface area (Å²) in [6.45, 7) is 2.02. The van der Waals surface area contributed by atoms with Gasteiger partial charge in [-0.1, -0.05) is 78.4 Å². The Morgan fingerprint density at radius 1 is 0.935 bits per heavy atom. The second kappa shape index (κ2) is 8.03. The van der Waals surface area contributed by atoms with Crippen LogP contribution >= 0.6 is 0 Å². The fourth-order valence-corrected chi connectivity index (χ4v) is 3.88. The van der Waals surface area contributed by atoms with E-state index in [9.17, 15) is 4.79 Å². The summed E-state index contributed by atoms with van der Waals surface area (Å²) in [7, 11) is 0. The molecule has 31 heavy (non-hydrogen) atoms. The number of carbonyl (C=O) groups is 1. The van der Waals surface area contributed by atoms with Gasteiger partial charge in [0.15, 0.2) is 5.82 Å². The summed E-state index contributed by atoms with van der Waals surface area (Å²) in [5.41, 5.74) is 5.50. The van der Waals surface area contributed by atoms with Crippen molar-refractivity contribution in [1.82, 2.24) is 9.78 Å². The first-order valence-electron chi connectivity index (χ1n) is 10.3. The van der Waals surface area contributed by atoms with Crippen LogP contribution in [-0.4, -0.2) is 21.4 Å². The van der Waals surface area contributed by atoms with Gasteiger partial charge >= 0.3 is 0 Å². The highest BCUT2D eigenvalue weighted by molar-refractivity contribution is 6.09. The van der Waals surface area contributed by atoms with E-state index in [-0.39, 0.29) is 11.9 Å². The fraction of sp³-hybridized carbons (Fsp3) is 0.115. The van der Waals surface area contributed by atoms with Crippen LogP contribution in [0.1, 0.15) is 39.5 Å². The molecule has 1 aromatic heterocycles. The summed E-state index contributed by atoms with van der Waals surface area (Å²) < 4.78 is 1.87. The SMILES string of the molecule is Cc1ccc(NC(=O)c2cnn3c2N=C(c2ccccc2)CC3c2ccccc2)cc1. The summed E-state index contributed by atoms with van der Waals surface area (Å²) in [6, 6.07) is 28.1. The molecule has 5 nitrogen and oxygen atoms in total. The lowest BCUT2D eigenvalue weighted by atomic mass is 9.96. The molecule has 1 aliphatic rings. The standard InChI is InChI=1S/C26H22N4O/c1-18-12-14-21(15-13-18)28-26(31)22-17-27-30-24(20-10-6-3-7-11-20)16-23(29-25(22)30)19-8-4-2-5-9-19/h2-15,17,24H,16H2,1H3,(H,28,31). The van der Waals surface area contributed by atoms with E-state index in [0.717, 1.165) is 28.1 Å². The number of nitrogens with one attached hydrogen (secondary N) is 1. The Hall–Kier alpha value is -3.99. The summed E-state index contributed by atoms with van der Waals surface area (Å²) in [4.78, 5) is 18.0. The van der Waals surface area contributed by atoms with Crippen LogP contribution in [-0.2, 0) is 0 Å². The first-order valence-corrected chi connectivity index (χ1v) is 10.3. The number of aryl methyl sites for hydroxylation is 1. The van der Waals surface area contributed by atoms with E-state index in [1.165, 1.54) is 0 Å². The monoisotopic (exact) mass is 406 g/mol. The number of fused-ring (bicyclic) bond motifs is 1. The number of aromatic nitrogens is 2. The number of aliphatic imine (C=N–C) groups is 1. The molecule has 5 heteroatoms. The molecule has 2 heterocycles. The van der Waals surface area contributed by atoms with Crippen LogP contribution in [0.15, 0.2) is 96.1 Å². The van der Waals surface area contributed by atoms with Crippen molar-refractivity contribution in [1.29, 1.82) is 0 Å². The molecule has 0 spiro atoms. The number of anilines is 1. The number of carbonyl (C=O) groups excluding carboxylic acids is 1. The van der Waals surface area contributed by atoms with Gasteiger partial charge in [-0.2, -0.15) is 5.10 Å². The van der Waals surface area contributed by atoms with Crippen molar-refractivity contribution in [2.24, 2.45) is 4.99 Å². The molecule has 1 N–H and O–H groups in total. The van der Waals surface area contributed by atoms with E-state index in [2.05, 4.69) is 34.7 Å². The van der Waals surface area contributed by atoms with Crippen LogP contribution in [0, 0.1) is 6.92 Å². The topological polar surface area (TPSA) is 59.3 Å². The third-order valence-electron chi connectivity index (χ3n) is 5.54. The van der Waals surface area contributed by atoms with Crippen LogP contribution in [0.25, 0.3) is 0 Å². The second-order valence-corrected chi connectivity index (χ2v) is 7.70. The van der Waals surface area contributed by atoms with E-state index in [4.69, 9.17) is 4.99 Å². The van der Waals surface area contributed by atoms with Crippen molar-refractivity contribution in [3.05, 3.63) is 113 Å². The number of rotatable bonds is 4. The maximum absolute atomic E-state index is 13.1. The first-order chi connectivity index (χ1) is 15.2. The van der Waals surface area contributed by atoms with Gasteiger partial charge in [-0.25, -0.2) is 9.67 Å². The molecule has 1 unspecified atom stereocenters. The summed E-state index contributed by atoms with van der Waals surface area (Å²) in [6.07, 6.45) is 2.33. The summed E-state index contributed by atoms with van der Waals surface area (Å²) in [5.74, 6) is 0.374. The molecule has 0 saturated carbocycles. The van der Waals surface area contributed by atoms with Crippen molar-refractivity contribution in [3.63, 3.8) is 0 Å². The Kier molecular flexibility index (Phi) is 4.92. The van der Waals surface area contributed by atoms with E-state index >= 15 is 0 Å². The third kappa shape index (κ3) is 3.78. The van der Waals surface area contributed by atoms with Gasteiger partial charge < -0.3 is 5.32 Å². The molecule has 0 radical (unpaired) electrons. The van der Waals surface area contributed by atoms with E-state index in [1.807, 2.05) is 72.3 Å². The highest BCUT2D eigenvalue weighted by Crippen LogP contribution is 2.35. The fourth-order valence-electron chi connectivity index (χ4n) is 3.88. The number of hydrogen-bond donors (Lipinski definition) is 1. The zero-order valence-corrected chi connectivity index (χ0v) is 17.2. The average Bonchev–Trinajstić information content (AvgIpc) is 3.25. The highest BCUT2D eigenvalue weighted by atomic mass is 16.1. The molecular weight excluding hydrogens is 384 g/mol. The highest BCUT2D eigenvalue weighted by Gasteiger charge is 2.29. The van der Waals surface area contributed by atoms with E-state index in [1.54, 1.807) is 6.20 Å². The van der Waals surface area contributed by atoms with Gasteiger partial charge in [0.1, 0.15) is 5.56 Å². The van der Waals surface area contributed by atoms with Crippen molar-refractivity contribution in [2.45, 2.75) is 19.4 Å². The Morgan fingerprint density at radius 3 is 2.32 bits per heavy atom. The van der Waals surface area contributed by atoms with Crippen molar-refractivity contribution in [2.75, 3.05) is 5.32 Å². The number of nitrogens with zero attached hydrogens (tertiary/aromatic N) is 3. The number of hydrogen-bond acceptors (Lipinski definition) is 3. The predicted octanol–water partition coefficient (Wildman–Crippen LogP) is 5.56. The molecule has 152 valence electrons. The van der Waals surface area contributed by atoms with Crippen LogP contribution in [0.3, 0.4) is 0 Å². The van der Waals surface area contributed by atoms with Crippen LogP contribution in [0.5, 0.6) is 0 Å². The van der Waals surface area contributed by atoms with E-state index in [0.29, 0.717) is 17.8 Å². The molecule has 0 bridgehead atoms.